The molecule has 0 N–H and O–H groups in total. The van der Waals surface area contributed by atoms with Gasteiger partial charge in [0, 0.05) is 13.1 Å². The van der Waals surface area contributed by atoms with Crippen molar-refractivity contribution in [3.8, 4) is 0 Å². The van der Waals surface area contributed by atoms with Crippen molar-refractivity contribution in [3.63, 3.8) is 0 Å². The average Bonchev–Trinajstić information content (AvgIpc) is 2.24. The van der Waals surface area contributed by atoms with Crippen LogP contribution in [-0.4, -0.2) is 42.6 Å². The molecule has 0 aromatic carbocycles. The molecule has 14 heavy (non-hydrogen) atoms. The summed E-state index contributed by atoms with van der Waals surface area (Å²) in [4.78, 5) is 5.23. The van der Waals surface area contributed by atoms with Crippen LogP contribution >= 0.6 is 0 Å². The zero-order valence-electron chi connectivity index (χ0n) is 9.97. The van der Waals surface area contributed by atoms with Crippen molar-refractivity contribution in [1.29, 1.82) is 0 Å². The Balaban J connectivity index is 2.14. The van der Waals surface area contributed by atoms with Gasteiger partial charge in [0.05, 0.1) is 6.67 Å². The van der Waals surface area contributed by atoms with E-state index in [1.54, 1.807) is 0 Å². The van der Waals surface area contributed by atoms with Crippen molar-refractivity contribution in [2.24, 2.45) is 0 Å². The van der Waals surface area contributed by atoms with E-state index in [0.717, 1.165) is 0 Å². The van der Waals surface area contributed by atoms with Crippen LogP contribution in [0.3, 0.4) is 0 Å². The summed E-state index contributed by atoms with van der Waals surface area (Å²) in [5, 5.41) is 0. The molecule has 0 radical (unpaired) electrons. The Morgan fingerprint density at radius 1 is 0.857 bits per heavy atom. The van der Waals surface area contributed by atoms with E-state index < -0.39 is 0 Å². The summed E-state index contributed by atoms with van der Waals surface area (Å²) < 4.78 is 0. The molecule has 0 bridgehead atoms. The molecule has 1 aliphatic heterocycles. The topological polar surface area (TPSA) is 6.48 Å². The number of rotatable bonds is 6. The first-order valence-electron chi connectivity index (χ1n) is 6.31. The Morgan fingerprint density at radius 2 is 1.36 bits per heavy atom. The van der Waals surface area contributed by atoms with Crippen LogP contribution in [0.2, 0.25) is 0 Å². The fourth-order valence-corrected chi connectivity index (χ4v) is 2.07. The average molecular weight is 198 g/mol. The van der Waals surface area contributed by atoms with Crippen LogP contribution in [-0.2, 0) is 0 Å². The molecule has 1 heterocycles. The standard InChI is InChI=1S/C12H26N2/c1-3-5-8-13-10-7-11-14(12-13)9-6-4-2/h3-12H2,1-2H3. The van der Waals surface area contributed by atoms with Crippen LogP contribution in [0.5, 0.6) is 0 Å². The molecule has 1 fully saturated rings. The van der Waals surface area contributed by atoms with Gasteiger partial charge in [0.25, 0.3) is 0 Å². The minimum absolute atomic E-state index is 1.22. The molecular formula is C12H26N2. The van der Waals surface area contributed by atoms with Gasteiger partial charge in [-0.2, -0.15) is 0 Å². The summed E-state index contributed by atoms with van der Waals surface area (Å²) in [7, 11) is 0. The summed E-state index contributed by atoms with van der Waals surface area (Å²) in [5.74, 6) is 0. The van der Waals surface area contributed by atoms with Crippen molar-refractivity contribution >= 4 is 0 Å². The highest BCUT2D eigenvalue weighted by molar-refractivity contribution is 4.68. The van der Waals surface area contributed by atoms with E-state index in [1.807, 2.05) is 0 Å². The van der Waals surface area contributed by atoms with E-state index in [0.29, 0.717) is 0 Å². The van der Waals surface area contributed by atoms with Crippen molar-refractivity contribution in [1.82, 2.24) is 9.80 Å². The second kappa shape index (κ2) is 7.24. The lowest BCUT2D eigenvalue weighted by Gasteiger charge is -2.35. The maximum atomic E-state index is 2.61. The van der Waals surface area contributed by atoms with Crippen LogP contribution in [0, 0.1) is 0 Å². The van der Waals surface area contributed by atoms with E-state index in [1.165, 1.54) is 65.0 Å². The first kappa shape index (κ1) is 12.0. The number of hydrogen-bond acceptors (Lipinski definition) is 2. The zero-order valence-corrected chi connectivity index (χ0v) is 9.97. The van der Waals surface area contributed by atoms with Crippen LogP contribution in [0.25, 0.3) is 0 Å². The molecule has 0 amide bonds. The molecule has 2 heteroatoms. The Hall–Kier alpha value is -0.0800. The summed E-state index contributed by atoms with van der Waals surface area (Å²) in [6.07, 6.45) is 6.74. The van der Waals surface area contributed by atoms with Gasteiger partial charge in [-0.15, -0.1) is 0 Å². The van der Waals surface area contributed by atoms with Crippen LogP contribution in [0.15, 0.2) is 0 Å². The van der Waals surface area contributed by atoms with E-state index >= 15 is 0 Å². The first-order chi connectivity index (χ1) is 6.86. The Morgan fingerprint density at radius 3 is 1.79 bits per heavy atom. The molecule has 0 unspecified atom stereocenters. The first-order valence-corrected chi connectivity index (χ1v) is 6.31. The molecule has 84 valence electrons. The number of nitrogens with zero attached hydrogens (tertiary/aromatic N) is 2. The van der Waals surface area contributed by atoms with Gasteiger partial charge in [0.15, 0.2) is 0 Å². The van der Waals surface area contributed by atoms with Gasteiger partial charge in [0.2, 0.25) is 0 Å². The second-order valence-electron chi connectivity index (χ2n) is 4.44. The lowest BCUT2D eigenvalue weighted by atomic mass is 10.2. The van der Waals surface area contributed by atoms with Crippen molar-refractivity contribution in [2.45, 2.75) is 46.0 Å². The molecule has 1 saturated heterocycles. The van der Waals surface area contributed by atoms with E-state index in [2.05, 4.69) is 23.6 Å². The largest absolute Gasteiger partial charge is 0.290 e. The van der Waals surface area contributed by atoms with Crippen molar-refractivity contribution < 1.29 is 0 Å². The molecule has 0 aliphatic carbocycles. The predicted octanol–water partition coefficient (Wildman–Crippen LogP) is 2.55. The van der Waals surface area contributed by atoms with Gasteiger partial charge in [-0.25, -0.2) is 0 Å². The molecule has 2 nitrogen and oxygen atoms in total. The van der Waals surface area contributed by atoms with Gasteiger partial charge in [-0.05, 0) is 32.4 Å². The third kappa shape index (κ3) is 4.43. The molecule has 0 aromatic rings. The van der Waals surface area contributed by atoms with Gasteiger partial charge in [0.1, 0.15) is 0 Å². The van der Waals surface area contributed by atoms with Gasteiger partial charge in [-0.1, -0.05) is 26.7 Å². The third-order valence-electron chi connectivity index (χ3n) is 3.00. The second-order valence-corrected chi connectivity index (χ2v) is 4.44. The molecule has 0 saturated carbocycles. The Labute approximate surface area is 89.3 Å². The summed E-state index contributed by atoms with van der Waals surface area (Å²) in [6, 6.07) is 0. The molecule has 1 rings (SSSR count). The fraction of sp³-hybridized carbons (Fsp3) is 1.00. The lowest BCUT2D eigenvalue weighted by molar-refractivity contribution is 0.0838. The summed E-state index contributed by atoms with van der Waals surface area (Å²) in [6.45, 7) is 11.0. The van der Waals surface area contributed by atoms with E-state index in [-0.39, 0.29) is 0 Å². The van der Waals surface area contributed by atoms with Gasteiger partial charge >= 0.3 is 0 Å². The molecule has 0 atom stereocenters. The quantitative estimate of drug-likeness (QED) is 0.647. The highest BCUT2D eigenvalue weighted by Crippen LogP contribution is 2.08. The molecule has 0 aromatic heterocycles. The maximum Gasteiger partial charge on any atom is 0.0506 e. The van der Waals surface area contributed by atoms with E-state index in [9.17, 15) is 0 Å². The van der Waals surface area contributed by atoms with Gasteiger partial charge in [-0.3, -0.25) is 9.80 Å². The number of unbranched alkanes of at least 4 members (excludes halogenated alkanes) is 2. The SMILES string of the molecule is CCCCN1CCCN(CCCC)C1. The molecular weight excluding hydrogens is 172 g/mol. The Kier molecular flexibility index (Phi) is 6.20. The molecule has 1 aliphatic rings. The Bertz CT molecular complexity index is 122. The van der Waals surface area contributed by atoms with E-state index in [4.69, 9.17) is 0 Å². The summed E-state index contributed by atoms with van der Waals surface area (Å²) in [5.41, 5.74) is 0. The minimum Gasteiger partial charge on any atom is -0.290 e. The number of hydrogen-bond donors (Lipinski definition) is 0. The monoisotopic (exact) mass is 198 g/mol. The highest BCUT2D eigenvalue weighted by Gasteiger charge is 2.15. The van der Waals surface area contributed by atoms with Crippen LogP contribution < -0.4 is 0 Å². The third-order valence-corrected chi connectivity index (χ3v) is 3.00. The fourth-order valence-electron chi connectivity index (χ4n) is 2.07. The van der Waals surface area contributed by atoms with Crippen molar-refractivity contribution in [2.75, 3.05) is 32.8 Å². The lowest BCUT2D eigenvalue weighted by Crippen LogP contribution is -2.45. The highest BCUT2D eigenvalue weighted by atomic mass is 15.3. The van der Waals surface area contributed by atoms with Crippen LogP contribution in [0.4, 0.5) is 0 Å². The molecule has 0 spiro atoms. The van der Waals surface area contributed by atoms with Crippen LogP contribution in [0.1, 0.15) is 46.0 Å². The summed E-state index contributed by atoms with van der Waals surface area (Å²) >= 11 is 0. The maximum absolute atomic E-state index is 2.61. The predicted molar refractivity (Wildman–Crippen MR) is 62.4 cm³/mol. The smallest absolute Gasteiger partial charge is 0.0506 e. The normalized spacial score (nSPS) is 20.1. The minimum atomic E-state index is 1.22. The van der Waals surface area contributed by atoms with Crippen molar-refractivity contribution in [3.05, 3.63) is 0 Å². The zero-order chi connectivity index (χ0) is 10.2. The van der Waals surface area contributed by atoms with Gasteiger partial charge < -0.3 is 0 Å².